The highest BCUT2D eigenvalue weighted by Crippen LogP contribution is 2.23. The normalized spacial score (nSPS) is 19.0. The minimum absolute atomic E-state index is 0.0596. The number of carbonyl (C=O) groups is 1. The Kier molecular flexibility index (Phi) is 6.85. The van der Waals surface area contributed by atoms with Crippen molar-refractivity contribution in [3.05, 3.63) is 42.0 Å². The molecule has 132 valence electrons. The summed E-state index contributed by atoms with van der Waals surface area (Å²) < 4.78 is 5.70. The Morgan fingerprint density at radius 1 is 1.46 bits per heavy atom. The van der Waals surface area contributed by atoms with Crippen LogP contribution in [0.3, 0.4) is 0 Å². The molecule has 4 nitrogen and oxygen atoms in total. The molecule has 1 amide bonds. The van der Waals surface area contributed by atoms with Gasteiger partial charge in [0.2, 0.25) is 5.91 Å². The predicted molar refractivity (Wildman–Crippen MR) is 98.4 cm³/mol. The van der Waals surface area contributed by atoms with Gasteiger partial charge in [-0.25, -0.2) is 0 Å². The maximum absolute atomic E-state index is 12.4. The zero-order valence-corrected chi connectivity index (χ0v) is 15.2. The number of carbonyl (C=O) groups excluding carboxylic acids is 1. The fourth-order valence-corrected chi connectivity index (χ4v) is 3.34. The molecule has 1 aromatic rings. The quantitative estimate of drug-likeness (QED) is 0.775. The summed E-state index contributed by atoms with van der Waals surface area (Å²) in [5.41, 5.74) is 3.08. The van der Waals surface area contributed by atoms with Crippen LogP contribution in [0.1, 0.15) is 50.2 Å². The summed E-state index contributed by atoms with van der Waals surface area (Å²) in [5, 5.41) is 3.40. The smallest absolute Gasteiger partial charge is 0.222 e. The van der Waals surface area contributed by atoms with Crippen molar-refractivity contribution < 1.29 is 9.53 Å². The molecule has 2 rings (SSSR count). The van der Waals surface area contributed by atoms with Crippen molar-refractivity contribution in [2.45, 2.75) is 58.2 Å². The van der Waals surface area contributed by atoms with E-state index in [9.17, 15) is 4.79 Å². The highest BCUT2D eigenvalue weighted by molar-refractivity contribution is 5.76. The molecule has 1 saturated heterocycles. The third-order valence-electron chi connectivity index (χ3n) is 4.62. The zero-order valence-electron chi connectivity index (χ0n) is 15.2. The van der Waals surface area contributed by atoms with Crippen molar-refractivity contribution in [3.8, 4) is 0 Å². The molecule has 24 heavy (non-hydrogen) atoms. The van der Waals surface area contributed by atoms with E-state index in [1.165, 1.54) is 5.56 Å². The van der Waals surface area contributed by atoms with E-state index >= 15 is 0 Å². The molecule has 0 bridgehead atoms. The number of hydrogen-bond acceptors (Lipinski definition) is 3. The van der Waals surface area contributed by atoms with Gasteiger partial charge in [-0.05, 0) is 44.2 Å². The SMILES string of the molecule is C=C(NC(OC)C1CCCCN1C(=O)CCC)c1cccc(C)c1. The van der Waals surface area contributed by atoms with Crippen molar-refractivity contribution in [2.75, 3.05) is 13.7 Å². The van der Waals surface area contributed by atoms with Crippen LogP contribution in [0.5, 0.6) is 0 Å². The number of likely N-dealkylation sites (tertiary alicyclic amines) is 1. The topological polar surface area (TPSA) is 41.6 Å². The number of rotatable bonds is 7. The van der Waals surface area contributed by atoms with E-state index < -0.39 is 0 Å². The van der Waals surface area contributed by atoms with Crippen LogP contribution in [0.2, 0.25) is 0 Å². The number of aryl methyl sites for hydroxylation is 1. The second-order valence-corrected chi connectivity index (χ2v) is 6.55. The lowest BCUT2D eigenvalue weighted by Gasteiger charge is -2.40. The summed E-state index contributed by atoms with van der Waals surface area (Å²) in [6.45, 7) is 9.09. The Bertz CT molecular complexity index is 571. The highest BCUT2D eigenvalue weighted by Gasteiger charge is 2.33. The minimum atomic E-state index is -0.237. The predicted octanol–water partition coefficient (Wildman–Crippen LogP) is 3.71. The first-order chi connectivity index (χ1) is 11.6. The number of nitrogens with zero attached hydrogens (tertiary/aromatic N) is 1. The van der Waals surface area contributed by atoms with E-state index in [2.05, 4.69) is 31.0 Å². The first-order valence-electron chi connectivity index (χ1n) is 8.91. The first-order valence-corrected chi connectivity index (χ1v) is 8.91. The zero-order chi connectivity index (χ0) is 17.5. The number of nitrogens with one attached hydrogen (secondary N) is 1. The van der Waals surface area contributed by atoms with Gasteiger partial charge in [0, 0.05) is 25.8 Å². The fraction of sp³-hybridized carbons (Fsp3) is 0.550. The summed E-state index contributed by atoms with van der Waals surface area (Å²) in [6.07, 6.45) is 4.40. The molecule has 2 atom stereocenters. The van der Waals surface area contributed by atoms with Crippen LogP contribution in [-0.2, 0) is 9.53 Å². The molecule has 0 radical (unpaired) electrons. The van der Waals surface area contributed by atoms with Gasteiger partial charge in [0.25, 0.3) is 0 Å². The van der Waals surface area contributed by atoms with Gasteiger partial charge in [-0.2, -0.15) is 0 Å². The molecule has 1 N–H and O–H groups in total. The Morgan fingerprint density at radius 2 is 2.25 bits per heavy atom. The Balaban J connectivity index is 2.10. The molecule has 1 aromatic carbocycles. The van der Waals surface area contributed by atoms with Crippen LogP contribution in [0.15, 0.2) is 30.8 Å². The summed E-state index contributed by atoms with van der Waals surface area (Å²) in [6, 6.07) is 8.29. The van der Waals surface area contributed by atoms with E-state index in [4.69, 9.17) is 4.74 Å². The van der Waals surface area contributed by atoms with Crippen LogP contribution in [-0.4, -0.2) is 36.7 Å². The van der Waals surface area contributed by atoms with E-state index in [-0.39, 0.29) is 18.2 Å². The van der Waals surface area contributed by atoms with Gasteiger partial charge < -0.3 is 15.0 Å². The van der Waals surface area contributed by atoms with Crippen molar-refractivity contribution in [1.29, 1.82) is 0 Å². The third-order valence-corrected chi connectivity index (χ3v) is 4.62. The van der Waals surface area contributed by atoms with Crippen molar-refractivity contribution >= 4 is 11.6 Å². The van der Waals surface area contributed by atoms with E-state index in [1.807, 2.05) is 24.0 Å². The minimum Gasteiger partial charge on any atom is -0.360 e. The molecular weight excluding hydrogens is 300 g/mol. The van der Waals surface area contributed by atoms with Gasteiger partial charge in [0.1, 0.15) is 6.23 Å². The first kappa shape index (κ1) is 18.5. The van der Waals surface area contributed by atoms with E-state index in [0.717, 1.165) is 43.5 Å². The molecule has 0 aliphatic carbocycles. The highest BCUT2D eigenvalue weighted by atomic mass is 16.5. The number of benzene rings is 1. The monoisotopic (exact) mass is 330 g/mol. The van der Waals surface area contributed by atoms with E-state index in [0.29, 0.717) is 6.42 Å². The van der Waals surface area contributed by atoms with Crippen LogP contribution < -0.4 is 5.32 Å². The molecule has 4 heteroatoms. The average molecular weight is 330 g/mol. The van der Waals surface area contributed by atoms with Gasteiger partial charge in [0.15, 0.2) is 0 Å². The van der Waals surface area contributed by atoms with Gasteiger partial charge in [-0.3, -0.25) is 4.79 Å². The average Bonchev–Trinajstić information content (AvgIpc) is 2.59. The molecule has 1 aliphatic heterocycles. The number of amides is 1. The summed E-state index contributed by atoms with van der Waals surface area (Å²) in [4.78, 5) is 14.4. The maximum atomic E-state index is 12.4. The van der Waals surface area contributed by atoms with Crippen LogP contribution in [0.25, 0.3) is 5.70 Å². The lowest BCUT2D eigenvalue weighted by molar-refractivity contribution is -0.139. The van der Waals surface area contributed by atoms with Gasteiger partial charge in [-0.1, -0.05) is 37.3 Å². The molecule has 1 heterocycles. The standard InChI is InChI=1S/C20H30N2O2/c1-5-9-19(23)22-13-7-6-12-18(22)20(24-4)21-16(3)17-11-8-10-15(2)14-17/h8,10-11,14,18,20-21H,3,5-7,9,12-13H2,1-2,4H3. The van der Waals surface area contributed by atoms with Crippen molar-refractivity contribution in [3.63, 3.8) is 0 Å². The van der Waals surface area contributed by atoms with Crippen LogP contribution in [0, 0.1) is 6.92 Å². The van der Waals surface area contributed by atoms with Gasteiger partial charge in [-0.15, -0.1) is 0 Å². The summed E-state index contributed by atoms with van der Waals surface area (Å²) in [5.74, 6) is 0.229. The van der Waals surface area contributed by atoms with E-state index in [1.54, 1.807) is 7.11 Å². The number of hydrogen-bond donors (Lipinski definition) is 1. The number of ether oxygens (including phenoxy) is 1. The lowest BCUT2D eigenvalue weighted by Crippen LogP contribution is -2.54. The molecule has 0 spiro atoms. The number of piperidine rings is 1. The second-order valence-electron chi connectivity index (χ2n) is 6.55. The molecule has 1 fully saturated rings. The number of methoxy groups -OCH3 is 1. The van der Waals surface area contributed by atoms with Crippen LogP contribution >= 0.6 is 0 Å². The molecule has 0 aromatic heterocycles. The van der Waals surface area contributed by atoms with Crippen molar-refractivity contribution in [2.24, 2.45) is 0 Å². The summed E-state index contributed by atoms with van der Waals surface area (Å²) in [7, 11) is 1.69. The third kappa shape index (κ3) is 4.60. The maximum Gasteiger partial charge on any atom is 0.222 e. The Hall–Kier alpha value is -1.81. The molecule has 0 saturated carbocycles. The van der Waals surface area contributed by atoms with Crippen LogP contribution in [0.4, 0.5) is 0 Å². The summed E-state index contributed by atoms with van der Waals surface area (Å²) >= 11 is 0. The largest absolute Gasteiger partial charge is 0.360 e. The van der Waals surface area contributed by atoms with Gasteiger partial charge in [0.05, 0.1) is 6.04 Å². The van der Waals surface area contributed by atoms with Gasteiger partial charge >= 0.3 is 0 Å². The van der Waals surface area contributed by atoms with Crippen molar-refractivity contribution in [1.82, 2.24) is 10.2 Å². The Morgan fingerprint density at radius 3 is 2.92 bits per heavy atom. The fourth-order valence-electron chi connectivity index (χ4n) is 3.34. The lowest BCUT2D eigenvalue weighted by atomic mass is 9.99. The Labute approximate surface area is 145 Å². The molecule has 1 aliphatic rings. The molecule has 2 unspecified atom stereocenters. The second kappa shape index (κ2) is 8.88. The molecular formula is C20H30N2O2.